The highest BCUT2D eigenvalue weighted by Crippen LogP contribution is 2.29. The van der Waals surface area contributed by atoms with Crippen LogP contribution >= 0.6 is 0 Å². The van der Waals surface area contributed by atoms with Crippen molar-refractivity contribution in [3.8, 4) is 17.0 Å². The molecule has 1 aromatic heterocycles. The van der Waals surface area contributed by atoms with E-state index in [-0.39, 0.29) is 0 Å². The van der Waals surface area contributed by atoms with Crippen LogP contribution in [0.15, 0.2) is 36.5 Å². The van der Waals surface area contributed by atoms with E-state index in [1.54, 1.807) is 0 Å². The average Bonchev–Trinajstić information content (AvgIpc) is 2.44. The molecule has 2 rings (SSSR count). The first kappa shape index (κ1) is 14.5. The van der Waals surface area contributed by atoms with Crippen molar-refractivity contribution in [1.29, 1.82) is 0 Å². The third-order valence-corrected chi connectivity index (χ3v) is 3.47. The number of benzene rings is 1. The molecule has 0 amide bonds. The van der Waals surface area contributed by atoms with Gasteiger partial charge in [-0.1, -0.05) is 6.07 Å². The minimum Gasteiger partial charge on any atom is -0.492 e. The Balaban J connectivity index is 2.21. The fourth-order valence-electron chi connectivity index (χ4n) is 2.09. The summed E-state index contributed by atoms with van der Waals surface area (Å²) in [6.07, 6.45) is 1.83. The number of hydrogen-bond donors (Lipinski definition) is 0. The second-order valence-corrected chi connectivity index (χ2v) is 5.23. The lowest BCUT2D eigenvalue weighted by Gasteiger charge is -2.15. The lowest BCUT2D eigenvalue weighted by atomic mass is 9.99. The van der Waals surface area contributed by atoms with E-state index in [2.05, 4.69) is 29.8 Å². The summed E-state index contributed by atoms with van der Waals surface area (Å²) in [5, 5.41) is 0. The zero-order valence-corrected chi connectivity index (χ0v) is 12.7. The van der Waals surface area contributed by atoms with Crippen LogP contribution in [0.1, 0.15) is 11.1 Å². The lowest BCUT2D eigenvalue weighted by Crippen LogP contribution is -2.19. The Labute approximate surface area is 121 Å². The number of pyridine rings is 1. The molecule has 1 aromatic carbocycles. The molecule has 106 valence electrons. The van der Waals surface area contributed by atoms with Gasteiger partial charge in [-0.15, -0.1) is 0 Å². The Bertz CT molecular complexity index is 565. The molecule has 0 atom stereocenters. The van der Waals surface area contributed by atoms with E-state index in [1.165, 1.54) is 16.7 Å². The summed E-state index contributed by atoms with van der Waals surface area (Å²) in [5.41, 5.74) is 4.59. The standard InChI is InChI=1S/C17H22N2O/c1-13-14(2)17(20-12-11-19(3)4)9-8-15(13)16-7-5-6-10-18-16/h5-10H,11-12H2,1-4H3. The second kappa shape index (κ2) is 6.53. The van der Waals surface area contributed by atoms with Crippen LogP contribution in [-0.2, 0) is 0 Å². The van der Waals surface area contributed by atoms with Crippen molar-refractivity contribution in [2.75, 3.05) is 27.2 Å². The molecule has 20 heavy (non-hydrogen) atoms. The maximum atomic E-state index is 5.86. The molecule has 0 bridgehead atoms. The van der Waals surface area contributed by atoms with Gasteiger partial charge in [0.1, 0.15) is 12.4 Å². The zero-order chi connectivity index (χ0) is 14.5. The molecule has 0 unspecified atom stereocenters. The SMILES string of the molecule is Cc1c(OCCN(C)C)ccc(-c2ccccn2)c1C. The summed E-state index contributed by atoms with van der Waals surface area (Å²) < 4.78 is 5.86. The second-order valence-electron chi connectivity index (χ2n) is 5.23. The van der Waals surface area contributed by atoms with Gasteiger partial charge >= 0.3 is 0 Å². The van der Waals surface area contributed by atoms with Crippen LogP contribution in [0.3, 0.4) is 0 Å². The van der Waals surface area contributed by atoms with Crippen molar-refractivity contribution in [1.82, 2.24) is 9.88 Å². The van der Waals surface area contributed by atoms with Crippen LogP contribution in [-0.4, -0.2) is 37.1 Å². The Kier molecular flexibility index (Phi) is 4.74. The van der Waals surface area contributed by atoms with Gasteiger partial charge in [-0.2, -0.15) is 0 Å². The van der Waals surface area contributed by atoms with Crippen molar-refractivity contribution in [2.45, 2.75) is 13.8 Å². The minimum atomic E-state index is 0.705. The minimum absolute atomic E-state index is 0.705. The highest BCUT2D eigenvalue weighted by molar-refractivity contribution is 5.66. The molecule has 0 fully saturated rings. The number of ether oxygens (including phenoxy) is 1. The Morgan fingerprint density at radius 1 is 1.05 bits per heavy atom. The van der Waals surface area contributed by atoms with Gasteiger partial charge in [-0.3, -0.25) is 4.98 Å². The molecule has 0 saturated heterocycles. The topological polar surface area (TPSA) is 25.4 Å². The van der Waals surface area contributed by atoms with Crippen LogP contribution in [0, 0.1) is 13.8 Å². The number of rotatable bonds is 5. The highest BCUT2D eigenvalue weighted by Gasteiger charge is 2.09. The van der Waals surface area contributed by atoms with Gasteiger partial charge in [0, 0.05) is 18.3 Å². The normalized spacial score (nSPS) is 10.8. The Morgan fingerprint density at radius 2 is 1.85 bits per heavy atom. The first-order valence-electron chi connectivity index (χ1n) is 6.88. The molecule has 3 heteroatoms. The molecule has 0 N–H and O–H groups in total. The summed E-state index contributed by atoms with van der Waals surface area (Å²) >= 11 is 0. The predicted octanol–water partition coefficient (Wildman–Crippen LogP) is 3.31. The number of nitrogens with zero attached hydrogens (tertiary/aromatic N) is 2. The van der Waals surface area contributed by atoms with Crippen LogP contribution in [0.25, 0.3) is 11.3 Å². The van der Waals surface area contributed by atoms with Crippen molar-refractivity contribution in [2.24, 2.45) is 0 Å². The van der Waals surface area contributed by atoms with E-state index in [0.29, 0.717) is 6.61 Å². The molecule has 0 aliphatic rings. The summed E-state index contributed by atoms with van der Waals surface area (Å²) in [5.74, 6) is 0.962. The van der Waals surface area contributed by atoms with Crippen LogP contribution < -0.4 is 4.74 Å². The zero-order valence-electron chi connectivity index (χ0n) is 12.7. The van der Waals surface area contributed by atoms with Gasteiger partial charge in [0.2, 0.25) is 0 Å². The molecule has 0 aliphatic heterocycles. The first-order chi connectivity index (χ1) is 9.59. The predicted molar refractivity (Wildman–Crippen MR) is 83.2 cm³/mol. The third kappa shape index (κ3) is 3.36. The smallest absolute Gasteiger partial charge is 0.122 e. The number of likely N-dealkylation sites (N-methyl/N-ethyl adjacent to an activating group) is 1. The van der Waals surface area contributed by atoms with E-state index in [9.17, 15) is 0 Å². The molecule has 2 aromatic rings. The summed E-state index contributed by atoms with van der Waals surface area (Å²) in [6, 6.07) is 10.1. The highest BCUT2D eigenvalue weighted by atomic mass is 16.5. The fraction of sp³-hybridized carbons (Fsp3) is 0.353. The third-order valence-electron chi connectivity index (χ3n) is 3.47. The Hall–Kier alpha value is -1.87. The molecule has 1 heterocycles. The fourth-order valence-corrected chi connectivity index (χ4v) is 2.09. The molecule has 3 nitrogen and oxygen atoms in total. The summed E-state index contributed by atoms with van der Waals surface area (Å²) in [4.78, 5) is 6.53. The maximum absolute atomic E-state index is 5.86. The van der Waals surface area contributed by atoms with E-state index in [4.69, 9.17) is 4.74 Å². The molecule has 0 saturated carbocycles. The number of aromatic nitrogens is 1. The Morgan fingerprint density at radius 3 is 2.50 bits per heavy atom. The van der Waals surface area contributed by atoms with Crippen LogP contribution in [0.2, 0.25) is 0 Å². The van der Waals surface area contributed by atoms with Gasteiger partial charge in [0.25, 0.3) is 0 Å². The van der Waals surface area contributed by atoms with Crippen LogP contribution in [0.4, 0.5) is 0 Å². The van der Waals surface area contributed by atoms with Gasteiger partial charge in [-0.05, 0) is 63.3 Å². The largest absolute Gasteiger partial charge is 0.492 e. The lowest BCUT2D eigenvalue weighted by molar-refractivity contribution is 0.260. The monoisotopic (exact) mass is 270 g/mol. The van der Waals surface area contributed by atoms with E-state index in [1.807, 2.05) is 44.6 Å². The molecular formula is C17H22N2O. The van der Waals surface area contributed by atoms with Gasteiger partial charge in [0.05, 0.1) is 5.69 Å². The average molecular weight is 270 g/mol. The van der Waals surface area contributed by atoms with E-state index in [0.717, 1.165) is 18.0 Å². The van der Waals surface area contributed by atoms with Crippen molar-refractivity contribution >= 4 is 0 Å². The molecule has 0 spiro atoms. The van der Waals surface area contributed by atoms with E-state index >= 15 is 0 Å². The summed E-state index contributed by atoms with van der Waals surface area (Å²) in [6.45, 7) is 5.85. The van der Waals surface area contributed by atoms with Crippen molar-refractivity contribution < 1.29 is 4.74 Å². The van der Waals surface area contributed by atoms with Crippen molar-refractivity contribution in [3.63, 3.8) is 0 Å². The molecule has 0 aliphatic carbocycles. The maximum Gasteiger partial charge on any atom is 0.122 e. The summed E-state index contributed by atoms with van der Waals surface area (Å²) in [7, 11) is 4.09. The van der Waals surface area contributed by atoms with Gasteiger partial charge < -0.3 is 9.64 Å². The number of hydrogen-bond acceptors (Lipinski definition) is 3. The van der Waals surface area contributed by atoms with Gasteiger partial charge in [0.15, 0.2) is 0 Å². The van der Waals surface area contributed by atoms with Crippen molar-refractivity contribution in [3.05, 3.63) is 47.7 Å². The first-order valence-corrected chi connectivity index (χ1v) is 6.88. The van der Waals surface area contributed by atoms with Gasteiger partial charge in [-0.25, -0.2) is 0 Å². The quantitative estimate of drug-likeness (QED) is 0.833. The molecular weight excluding hydrogens is 248 g/mol. The molecule has 0 radical (unpaired) electrons. The van der Waals surface area contributed by atoms with E-state index < -0.39 is 0 Å². The van der Waals surface area contributed by atoms with Crippen LogP contribution in [0.5, 0.6) is 5.75 Å².